The molecule has 2 aliphatic rings. The highest BCUT2D eigenvalue weighted by Gasteiger charge is 2.36. The Balaban J connectivity index is 1.47. The van der Waals surface area contributed by atoms with Crippen molar-refractivity contribution in [2.24, 2.45) is 0 Å². The maximum atomic E-state index is 5.94. The Morgan fingerprint density at radius 2 is 2.32 bits per heavy atom. The monoisotopic (exact) mass is 303 g/mol. The van der Waals surface area contributed by atoms with E-state index >= 15 is 0 Å². The first kappa shape index (κ1) is 13.9. The molecule has 4 rings (SSSR count). The Labute approximate surface area is 129 Å². The Hall–Kier alpha value is -1.73. The molecule has 1 saturated heterocycles. The molecular formula is C15H21N5O2. The average Bonchev–Trinajstić information content (AvgIpc) is 3.15. The topological polar surface area (TPSA) is 69.2 Å². The molecule has 7 nitrogen and oxygen atoms in total. The predicted octanol–water partition coefficient (Wildman–Crippen LogP) is 1.74. The lowest BCUT2D eigenvalue weighted by Crippen LogP contribution is -2.47. The minimum Gasteiger partial charge on any atom is -0.448 e. The molecule has 2 atom stereocenters. The van der Waals surface area contributed by atoms with E-state index in [-0.39, 0.29) is 12.1 Å². The molecule has 0 aliphatic carbocycles. The first-order valence-corrected chi connectivity index (χ1v) is 7.88. The zero-order chi connectivity index (χ0) is 15.1. The zero-order valence-electron chi connectivity index (χ0n) is 13.0. The van der Waals surface area contributed by atoms with Gasteiger partial charge in [-0.1, -0.05) is 19.1 Å². The summed E-state index contributed by atoms with van der Waals surface area (Å²) in [6.07, 6.45) is 4.83. The van der Waals surface area contributed by atoms with Crippen LogP contribution in [0.15, 0.2) is 16.9 Å². The molecule has 0 saturated carbocycles. The van der Waals surface area contributed by atoms with E-state index in [1.807, 2.05) is 4.68 Å². The molecule has 118 valence electrons. The Bertz CT molecular complexity index is 650. The third kappa shape index (κ3) is 2.44. The number of likely N-dealkylation sites (tertiary alicyclic amines) is 1. The van der Waals surface area contributed by atoms with Crippen LogP contribution in [0.4, 0.5) is 0 Å². The van der Waals surface area contributed by atoms with Gasteiger partial charge in [0.25, 0.3) is 0 Å². The number of ether oxygens (including phenoxy) is 1. The van der Waals surface area contributed by atoms with Gasteiger partial charge in [0.1, 0.15) is 6.26 Å². The van der Waals surface area contributed by atoms with Crippen molar-refractivity contribution in [3.63, 3.8) is 0 Å². The molecule has 0 aromatic carbocycles. The fourth-order valence-corrected chi connectivity index (χ4v) is 3.28. The zero-order valence-corrected chi connectivity index (χ0v) is 13.0. The highest BCUT2D eigenvalue weighted by atomic mass is 16.5. The summed E-state index contributed by atoms with van der Waals surface area (Å²) < 4.78 is 13.5. The summed E-state index contributed by atoms with van der Waals surface area (Å²) in [5.74, 6) is 1.13. The van der Waals surface area contributed by atoms with E-state index < -0.39 is 0 Å². The van der Waals surface area contributed by atoms with E-state index in [0.717, 1.165) is 43.3 Å². The molecule has 2 aliphatic heterocycles. The van der Waals surface area contributed by atoms with Crippen LogP contribution in [0.5, 0.6) is 0 Å². The number of hydrogen-bond donors (Lipinski definition) is 0. The fraction of sp³-hybridized carbons (Fsp3) is 0.667. The van der Waals surface area contributed by atoms with Gasteiger partial charge < -0.3 is 9.15 Å². The van der Waals surface area contributed by atoms with Crippen LogP contribution in [0.3, 0.4) is 0 Å². The van der Waals surface area contributed by atoms with E-state index in [9.17, 15) is 0 Å². The molecule has 22 heavy (non-hydrogen) atoms. The van der Waals surface area contributed by atoms with Crippen molar-refractivity contribution >= 4 is 0 Å². The van der Waals surface area contributed by atoms with Crippen molar-refractivity contribution in [1.29, 1.82) is 0 Å². The van der Waals surface area contributed by atoms with Crippen molar-refractivity contribution in [3.8, 4) is 0 Å². The third-order valence-corrected chi connectivity index (χ3v) is 4.46. The predicted molar refractivity (Wildman–Crippen MR) is 78.1 cm³/mol. The van der Waals surface area contributed by atoms with E-state index in [2.05, 4.69) is 34.0 Å². The van der Waals surface area contributed by atoms with Crippen LogP contribution in [-0.2, 0) is 17.9 Å². The number of piperidine rings is 1. The number of fused-ring (bicyclic) bond motifs is 3. The molecule has 2 aromatic rings. The summed E-state index contributed by atoms with van der Waals surface area (Å²) in [4.78, 5) is 6.96. The lowest BCUT2D eigenvalue weighted by atomic mass is 10.0. The number of nitrogens with zero attached hydrogens (tertiary/aromatic N) is 5. The van der Waals surface area contributed by atoms with Crippen LogP contribution in [0.25, 0.3) is 0 Å². The second-order valence-corrected chi connectivity index (χ2v) is 6.44. The summed E-state index contributed by atoms with van der Waals surface area (Å²) in [6.45, 7) is 7.53. The van der Waals surface area contributed by atoms with E-state index in [0.29, 0.717) is 12.5 Å². The minimum atomic E-state index is 0.244. The molecule has 0 radical (unpaired) electrons. The van der Waals surface area contributed by atoms with Crippen molar-refractivity contribution in [2.45, 2.75) is 51.5 Å². The van der Waals surface area contributed by atoms with Crippen molar-refractivity contribution < 1.29 is 9.15 Å². The Kier molecular flexibility index (Phi) is 3.46. The molecule has 0 spiro atoms. The van der Waals surface area contributed by atoms with E-state index in [1.165, 1.54) is 0 Å². The van der Waals surface area contributed by atoms with Crippen LogP contribution < -0.4 is 0 Å². The van der Waals surface area contributed by atoms with Gasteiger partial charge >= 0.3 is 0 Å². The molecule has 0 N–H and O–H groups in total. The van der Waals surface area contributed by atoms with Gasteiger partial charge in [0.05, 0.1) is 36.3 Å². The maximum absolute atomic E-state index is 5.94. The molecule has 0 amide bonds. The smallest absolute Gasteiger partial charge is 0.196 e. The number of hydrogen-bond acceptors (Lipinski definition) is 6. The first-order chi connectivity index (χ1) is 10.7. The number of rotatable bonds is 3. The normalized spacial score (nSPS) is 25.2. The standard InChI is InChI=1S/C15H21N5O2/c1-10(2)15-17-11(8-22-15)6-19-4-3-14-13(7-19)20-12(9-21-14)5-16-18-20/h5,8,10,13-14H,3-4,6-7,9H2,1-2H3/t13-,14+/m1/s1. The number of oxazole rings is 1. The van der Waals surface area contributed by atoms with Crippen LogP contribution in [-0.4, -0.2) is 44.1 Å². The minimum absolute atomic E-state index is 0.244. The van der Waals surface area contributed by atoms with Gasteiger partial charge in [-0.05, 0) is 6.42 Å². The first-order valence-electron chi connectivity index (χ1n) is 7.88. The summed E-state index contributed by atoms with van der Waals surface area (Å²) >= 11 is 0. The van der Waals surface area contributed by atoms with Crippen molar-refractivity contribution in [2.75, 3.05) is 13.1 Å². The second kappa shape index (κ2) is 5.48. The van der Waals surface area contributed by atoms with Crippen LogP contribution >= 0.6 is 0 Å². The highest BCUT2D eigenvalue weighted by molar-refractivity contribution is 5.03. The van der Waals surface area contributed by atoms with Gasteiger partial charge in [0.2, 0.25) is 0 Å². The Morgan fingerprint density at radius 1 is 1.41 bits per heavy atom. The quantitative estimate of drug-likeness (QED) is 0.860. The van der Waals surface area contributed by atoms with Crippen LogP contribution in [0, 0.1) is 0 Å². The summed E-state index contributed by atoms with van der Waals surface area (Å²) in [5, 5.41) is 8.25. The molecule has 7 heteroatoms. The second-order valence-electron chi connectivity index (χ2n) is 6.44. The lowest BCUT2D eigenvalue weighted by Gasteiger charge is -2.40. The number of aromatic nitrogens is 4. The maximum Gasteiger partial charge on any atom is 0.196 e. The van der Waals surface area contributed by atoms with Gasteiger partial charge in [-0.2, -0.15) is 0 Å². The van der Waals surface area contributed by atoms with Gasteiger partial charge in [-0.15, -0.1) is 5.10 Å². The van der Waals surface area contributed by atoms with Gasteiger partial charge in [0.15, 0.2) is 5.89 Å². The Morgan fingerprint density at radius 3 is 3.14 bits per heavy atom. The van der Waals surface area contributed by atoms with Crippen LogP contribution in [0.2, 0.25) is 0 Å². The summed E-state index contributed by atoms with van der Waals surface area (Å²) in [5.41, 5.74) is 2.06. The molecule has 1 fully saturated rings. The van der Waals surface area contributed by atoms with E-state index in [4.69, 9.17) is 9.15 Å². The SMILES string of the molecule is CC(C)c1nc(CN2CC[C@@H]3OCc4cnnn4[C@@H]3C2)co1. The molecule has 2 aromatic heterocycles. The summed E-state index contributed by atoms with van der Waals surface area (Å²) in [6, 6.07) is 0.247. The van der Waals surface area contributed by atoms with Gasteiger partial charge in [0, 0.05) is 25.6 Å². The highest BCUT2D eigenvalue weighted by Crippen LogP contribution is 2.30. The largest absolute Gasteiger partial charge is 0.448 e. The lowest BCUT2D eigenvalue weighted by molar-refractivity contribution is -0.0671. The van der Waals surface area contributed by atoms with Crippen LogP contribution in [0.1, 0.15) is 49.5 Å². The fourth-order valence-electron chi connectivity index (χ4n) is 3.28. The molecule has 0 bridgehead atoms. The summed E-state index contributed by atoms with van der Waals surface area (Å²) in [7, 11) is 0. The average molecular weight is 303 g/mol. The molecule has 4 heterocycles. The third-order valence-electron chi connectivity index (χ3n) is 4.46. The van der Waals surface area contributed by atoms with Gasteiger partial charge in [-0.25, -0.2) is 9.67 Å². The van der Waals surface area contributed by atoms with Gasteiger partial charge in [-0.3, -0.25) is 4.90 Å². The molecular weight excluding hydrogens is 282 g/mol. The molecule has 0 unspecified atom stereocenters. The van der Waals surface area contributed by atoms with Crippen molar-refractivity contribution in [1.82, 2.24) is 24.9 Å². The van der Waals surface area contributed by atoms with E-state index in [1.54, 1.807) is 12.5 Å². The van der Waals surface area contributed by atoms with Crippen molar-refractivity contribution in [3.05, 3.63) is 29.7 Å².